The molecule has 26 heavy (non-hydrogen) atoms. The van der Waals surface area contributed by atoms with Crippen molar-refractivity contribution in [3.63, 3.8) is 0 Å². The zero-order valence-corrected chi connectivity index (χ0v) is 14.9. The number of hydroxylamine groups is 1. The highest BCUT2D eigenvalue weighted by Crippen LogP contribution is 2.31. The Morgan fingerprint density at radius 2 is 2.15 bits per heavy atom. The second-order valence-corrected chi connectivity index (χ2v) is 7.04. The van der Waals surface area contributed by atoms with Gasteiger partial charge in [-0.15, -0.1) is 0 Å². The van der Waals surface area contributed by atoms with Crippen molar-refractivity contribution in [3.05, 3.63) is 30.3 Å². The lowest BCUT2D eigenvalue weighted by molar-refractivity contribution is -0.129. The average molecular weight is 358 g/mol. The van der Waals surface area contributed by atoms with Crippen molar-refractivity contribution in [2.45, 2.75) is 63.7 Å². The zero-order chi connectivity index (χ0) is 18.2. The summed E-state index contributed by atoms with van der Waals surface area (Å²) >= 11 is 0. The minimum Gasteiger partial charge on any atom is -0.339 e. The molecule has 0 aromatic carbocycles. The molecule has 2 aromatic heterocycles. The van der Waals surface area contributed by atoms with Gasteiger partial charge < -0.3 is 4.52 Å². The van der Waals surface area contributed by atoms with Crippen LogP contribution in [0.2, 0.25) is 0 Å². The van der Waals surface area contributed by atoms with Crippen LogP contribution in [-0.2, 0) is 4.79 Å². The number of pyridine rings is 1. The number of hydrogen-bond acceptors (Lipinski definition) is 6. The lowest BCUT2D eigenvalue weighted by Gasteiger charge is -2.22. The molecule has 0 bridgehead atoms. The Labute approximate surface area is 153 Å². The van der Waals surface area contributed by atoms with Crippen molar-refractivity contribution < 1.29 is 14.5 Å². The largest absolute Gasteiger partial charge is 0.339 e. The molecule has 140 valence electrons. The van der Waals surface area contributed by atoms with Crippen LogP contribution in [0.15, 0.2) is 28.9 Å². The van der Waals surface area contributed by atoms with Gasteiger partial charge in [-0.05, 0) is 24.5 Å². The van der Waals surface area contributed by atoms with Crippen LogP contribution in [-0.4, -0.2) is 26.2 Å². The van der Waals surface area contributed by atoms with Crippen molar-refractivity contribution in [2.75, 3.05) is 0 Å². The summed E-state index contributed by atoms with van der Waals surface area (Å²) in [6.07, 6.45) is 11.4. The van der Waals surface area contributed by atoms with E-state index in [0.717, 1.165) is 18.8 Å². The number of amides is 1. The van der Waals surface area contributed by atoms with E-state index in [1.165, 1.54) is 38.5 Å². The lowest BCUT2D eigenvalue weighted by atomic mass is 9.84. The van der Waals surface area contributed by atoms with Crippen molar-refractivity contribution in [1.29, 1.82) is 0 Å². The van der Waals surface area contributed by atoms with Gasteiger partial charge >= 0.3 is 0 Å². The predicted molar refractivity (Wildman–Crippen MR) is 95.2 cm³/mol. The van der Waals surface area contributed by atoms with Crippen molar-refractivity contribution in [2.24, 2.45) is 5.92 Å². The SMILES string of the molecule is O=C(C[C@@H](CCCC1CCCCC1)c1nc(-c2ccccn2)no1)NO. The fourth-order valence-corrected chi connectivity index (χ4v) is 3.71. The quantitative estimate of drug-likeness (QED) is 0.549. The summed E-state index contributed by atoms with van der Waals surface area (Å²) in [5, 5.41) is 12.9. The highest BCUT2D eigenvalue weighted by molar-refractivity contribution is 5.75. The summed E-state index contributed by atoms with van der Waals surface area (Å²) in [5.41, 5.74) is 2.34. The summed E-state index contributed by atoms with van der Waals surface area (Å²) in [7, 11) is 0. The van der Waals surface area contributed by atoms with Crippen LogP contribution >= 0.6 is 0 Å². The van der Waals surface area contributed by atoms with E-state index in [1.54, 1.807) is 11.7 Å². The van der Waals surface area contributed by atoms with Crippen LogP contribution in [0.4, 0.5) is 0 Å². The molecule has 1 aliphatic rings. The van der Waals surface area contributed by atoms with E-state index >= 15 is 0 Å². The molecule has 7 heteroatoms. The van der Waals surface area contributed by atoms with Gasteiger partial charge in [0.25, 0.3) is 0 Å². The Hall–Kier alpha value is -2.28. The molecule has 2 heterocycles. The van der Waals surface area contributed by atoms with Crippen molar-refractivity contribution >= 4 is 5.91 Å². The monoisotopic (exact) mass is 358 g/mol. The molecule has 0 radical (unpaired) electrons. The van der Waals surface area contributed by atoms with E-state index in [-0.39, 0.29) is 12.3 Å². The molecule has 0 unspecified atom stereocenters. The fourth-order valence-electron chi connectivity index (χ4n) is 3.71. The highest BCUT2D eigenvalue weighted by Gasteiger charge is 2.23. The Balaban J connectivity index is 1.63. The molecule has 0 aliphatic heterocycles. The van der Waals surface area contributed by atoms with Crippen molar-refractivity contribution in [3.8, 4) is 11.5 Å². The smallest absolute Gasteiger partial charge is 0.244 e. The molecule has 2 N–H and O–H groups in total. The number of carbonyl (C=O) groups is 1. The third-order valence-electron chi connectivity index (χ3n) is 5.13. The van der Waals surface area contributed by atoms with Gasteiger partial charge in [0.1, 0.15) is 5.69 Å². The number of hydrogen-bond donors (Lipinski definition) is 2. The molecule has 1 fully saturated rings. The third kappa shape index (κ3) is 5.11. The van der Waals surface area contributed by atoms with E-state index in [9.17, 15) is 4.79 Å². The van der Waals surface area contributed by atoms with E-state index in [0.29, 0.717) is 17.4 Å². The number of aromatic nitrogens is 3. The Bertz CT molecular complexity index is 683. The third-order valence-corrected chi connectivity index (χ3v) is 5.13. The lowest BCUT2D eigenvalue weighted by Crippen LogP contribution is -2.21. The van der Waals surface area contributed by atoms with Gasteiger partial charge in [0, 0.05) is 18.5 Å². The minimum absolute atomic E-state index is 0.130. The minimum atomic E-state index is -0.440. The number of nitrogens with zero attached hydrogens (tertiary/aromatic N) is 3. The standard InChI is InChI=1S/C19H26N4O3/c24-17(22-25)13-15(10-6-9-14-7-2-1-3-8-14)19-21-18(23-26-19)16-11-4-5-12-20-16/h4-5,11-12,14-15,25H,1-3,6-10,13H2,(H,22,24)/t15-/m1/s1. The van der Waals surface area contributed by atoms with E-state index in [4.69, 9.17) is 9.73 Å². The maximum Gasteiger partial charge on any atom is 0.244 e. The summed E-state index contributed by atoms with van der Waals surface area (Å²) in [4.78, 5) is 20.3. The second-order valence-electron chi connectivity index (χ2n) is 7.04. The summed E-state index contributed by atoms with van der Waals surface area (Å²) in [5.74, 6) is 1.00. The zero-order valence-electron chi connectivity index (χ0n) is 14.9. The first kappa shape index (κ1) is 18.5. The number of carbonyl (C=O) groups excluding carboxylic acids is 1. The first-order valence-corrected chi connectivity index (χ1v) is 9.44. The molecule has 1 amide bonds. The van der Waals surface area contributed by atoms with Gasteiger partial charge in [-0.3, -0.25) is 15.0 Å². The van der Waals surface area contributed by atoms with Crippen LogP contribution in [0, 0.1) is 5.92 Å². The van der Waals surface area contributed by atoms with Crippen LogP contribution < -0.4 is 5.48 Å². The Morgan fingerprint density at radius 1 is 1.31 bits per heavy atom. The molecule has 3 rings (SSSR count). The van der Waals surface area contributed by atoms with E-state index < -0.39 is 5.91 Å². The molecule has 1 saturated carbocycles. The molecule has 2 aromatic rings. The maximum absolute atomic E-state index is 11.7. The number of nitrogens with one attached hydrogen (secondary N) is 1. The average Bonchev–Trinajstić information content (AvgIpc) is 3.19. The molecular formula is C19H26N4O3. The second kappa shape index (κ2) is 9.43. The van der Waals surface area contributed by atoms with Gasteiger partial charge in [0.05, 0.1) is 0 Å². The maximum atomic E-state index is 11.7. The summed E-state index contributed by atoms with van der Waals surface area (Å²) in [6, 6.07) is 5.50. The first-order chi connectivity index (χ1) is 12.8. The van der Waals surface area contributed by atoms with Gasteiger partial charge in [0.15, 0.2) is 0 Å². The predicted octanol–water partition coefficient (Wildman–Crippen LogP) is 3.86. The molecule has 1 aliphatic carbocycles. The van der Waals surface area contributed by atoms with E-state index in [2.05, 4.69) is 15.1 Å². The summed E-state index contributed by atoms with van der Waals surface area (Å²) < 4.78 is 5.41. The van der Waals surface area contributed by atoms with Crippen LogP contribution in [0.3, 0.4) is 0 Å². The fraction of sp³-hybridized carbons (Fsp3) is 0.579. The van der Waals surface area contributed by atoms with E-state index in [1.807, 2.05) is 18.2 Å². The molecule has 0 spiro atoms. The first-order valence-electron chi connectivity index (χ1n) is 9.44. The van der Waals surface area contributed by atoms with Gasteiger partial charge in [-0.2, -0.15) is 4.98 Å². The Kier molecular flexibility index (Phi) is 6.71. The Morgan fingerprint density at radius 3 is 2.88 bits per heavy atom. The highest BCUT2D eigenvalue weighted by atomic mass is 16.5. The van der Waals surface area contributed by atoms with Gasteiger partial charge in [0.2, 0.25) is 17.6 Å². The number of rotatable bonds is 8. The van der Waals surface area contributed by atoms with Gasteiger partial charge in [-0.1, -0.05) is 56.2 Å². The summed E-state index contributed by atoms with van der Waals surface area (Å²) in [6.45, 7) is 0. The topological polar surface area (TPSA) is 101 Å². The molecular weight excluding hydrogens is 332 g/mol. The molecule has 1 atom stereocenters. The molecule has 7 nitrogen and oxygen atoms in total. The molecule has 0 saturated heterocycles. The van der Waals surface area contributed by atoms with Crippen LogP contribution in [0.5, 0.6) is 0 Å². The van der Waals surface area contributed by atoms with Crippen LogP contribution in [0.1, 0.15) is 69.6 Å². The van der Waals surface area contributed by atoms with Gasteiger partial charge in [-0.25, -0.2) is 5.48 Å². The normalized spacial score (nSPS) is 16.3. The van der Waals surface area contributed by atoms with Crippen LogP contribution in [0.25, 0.3) is 11.5 Å². The van der Waals surface area contributed by atoms with Crippen molar-refractivity contribution in [1.82, 2.24) is 20.6 Å².